The van der Waals surface area contributed by atoms with Gasteiger partial charge in [0, 0.05) is 10.9 Å². The molecule has 0 amide bonds. The first-order valence-corrected chi connectivity index (χ1v) is 8.32. The Bertz CT molecular complexity index is 914. The Hall–Kier alpha value is -2.88. The van der Waals surface area contributed by atoms with E-state index in [0.29, 0.717) is 23.6 Å². The number of carboxylic acid groups (broad SMARTS) is 1. The smallest absolute Gasteiger partial charge is 0.336 e. The van der Waals surface area contributed by atoms with Gasteiger partial charge in [0.05, 0.1) is 23.4 Å². The van der Waals surface area contributed by atoms with Crippen LogP contribution in [-0.2, 0) is 0 Å². The van der Waals surface area contributed by atoms with Crippen molar-refractivity contribution in [1.82, 2.24) is 4.98 Å². The molecule has 4 heteroatoms. The average Bonchev–Trinajstić information content (AvgIpc) is 2.60. The summed E-state index contributed by atoms with van der Waals surface area (Å²) in [5.41, 5.74) is 3.46. The fraction of sp³-hybridized carbons (Fsp3) is 0.238. The number of hydrogen-bond acceptors (Lipinski definition) is 3. The second-order valence-electron chi connectivity index (χ2n) is 6.56. The van der Waals surface area contributed by atoms with Crippen molar-refractivity contribution in [2.45, 2.75) is 20.8 Å². The van der Waals surface area contributed by atoms with Gasteiger partial charge in [-0.3, -0.25) is 0 Å². The SMILES string of the molecule is Cc1cccc2c(C(=O)O)cc(-c3ccc(OCC(C)C)cc3)nc12. The third-order valence-corrected chi connectivity index (χ3v) is 4.01. The molecular formula is C21H21NO3. The number of aryl methyl sites for hydroxylation is 1. The minimum absolute atomic E-state index is 0.267. The van der Waals surface area contributed by atoms with Gasteiger partial charge in [-0.2, -0.15) is 0 Å². The number of ether oxygens (including phenoxy) is 1. The van der Waals surface area contributed by atoms with Gasteiger partial charge < -0.3 is 9.84 Å². The molecule has 3 aromatic rings. The molecule has 0 saturated heterocycles. The van der Waals surface area contributed by atoms with E-state index >= 15 is 0 Å². The van der Waals surface area contributed by atoms with Crippen molar-refractivity contribution < 1.29 is 14.6 Å². The Balaban J connectivity index is 2.03. The third kappa shape index (κ3) is 3.63. The number of benzene rings is 2. The molecule has 4 nitrogen and oxygen atoms in total. The van der Waals surface area contributed by atoms with Crippen molar-refractivity contribution in [3.8, 4) is 17.0 Å². The van der Waals surface area contributed by atoms with Crippen molar-refractivity contribution in [3.05, 3.63) is 59.7 Å². The van der Waals surface area contributed by atoms with Gasteiger partial charge >= 0.3 is 5.97 Å². The highest BCUT2D eigenvalue weighted by molar-refractivity contribution is 6.04. The van der Waals surface area contributed by atoms with E-state index in [-0.39, 0.29) is 5.56 Å². The standard InChI is InChI=1S/C21H21NO3/c1-13(2)12-25-16-9-7-15(8-10-16)19-11-18(21(23)24)17-6-4-5-14(3)20(17)22-19/h4-11,13H,12H2,1-3H3,(H,23,24). The number of hydrogen-bond donors (Lipinski definition) is 1. The maximum absolute atomic E-state index is 11.7. The molecule has 0 aliphatic carbocycles. The minimum atomic E-state index is -0.948. The zero-order chi connectivity index (χ0) is 18.0. The van der Waals surface area contributed by atoms with E-state index in [0.717, 1.165) is 22.4 Å². The van der Waals surface area contributed by atoms with Crippen LogP contribution in [0.1, 0.15) is 29.8 Å². The fourth-order valence-corrected chi connectivity index (χ4v) is 2.70. The van der Waals surface area contributed by atoms with Crippen LogP contribution in [0.5, 0.6) is 5.75 Å². The van der Waals surface area contributed by atoms with E-state index < -0.39 is 5.97 Å². The quantitative estimate of drug-likeness (QED) is 0.717. The van der Waals surface area contributed by atoms with Crippen LogP contribution in [-0.4, -0.2) is 22.7 Å². The third-order valence-electron chi connectivity index (χ3n) is 4.01. The number of carbonyl (C=O) groups is 1. The molecular weight excluding hydrogens is 314 g/mol. The number of pyridine rings is 1. The van der Waals surface area contributed by atoms with Crippen LogP contribution in [0, 0.1) is 12.8 Å². The number of fused-ring (bicyclic) bond motifs is 1. The molecule has 2 aromatic carbocycles. The Kier molecular flexibility index (Phi) is 4.70. The van der Waals surface area contributed by atoms with Gasteiger partial charge in [-0.1, -0.05) is 32.0 Å². The van der Waals surface area contributed by atoms with Crippen LogP contribution in [0.2, 0.25) is 0 Å². The molecule has 1 heterocycles. The van der Waals surface area contributed by atoms with E-state index in [1.807, 2.05) is 43.3 Å². The number of carboxylic acids is 1. The molecule has 0 fully saturated rings. The Morgan fingerprint density at radius 2 is 1.88 bits per heavy atom. The normalized spacial score (nSPS) is 11.0. The Labute approximate surface area is 147 Å². The summed E-state index contributed by atoms with van der Waals surface area (Å²) in [6.07, 6.45) is 0. The van der Waals surface area contributed by atoms with Gasteiger partial charge in [-0.05, 0) is 48.7 Å². The van der Waals surface area contributed by atoms with E-state index in [2.05, 4.69) is 18.8 Å². The van der Waals surface area contributed by atoms with Crippen LogP contribution in [0.15, 0.2) is 48.5 Å². The summed E-state index contributed by atoms with van der Waals surface area (Å²) in [6, 6.07) is 14.8. The topological polar surface area (TPSA) is 59.4 Å². The molecule has 1 N–H and O–H groups in total. The fourth-order valence-electron chi connectivity index (χ4n) is 2.70. The molecule has 0 aliphatic rings. The highest BCUT2D eigenvalue weighted by Crippen LogP contribution is 2.28. The second-order valence-corrected chi connectivity index (χ2v) is 6.56. The molecule has 128 valence electrons. The maximum atomic E-state index is 11.7. The molecule has 0 aliphatic heterocycles. The van der Waals surface area contributed by atoms with E-state index in [4.69, 9.17) is 4.74 Å². The van der Waals surface area contributed by atoms with E-state index in [1.165, 1.54) is 0 Å². The largest absolute Gasteiger partial charge is 0.493 e. The average molecular weight is 335 g/mol. The monoisotopic (exact) mass is 335 g/mol. The Morgan fingerprint density at radius 1 is 1.16 bits per heavy atom. The maximum Gasteiger partial charge on any atom is 0.336 e. The summed E-state index contributed by atoms with van der Waals surface area (Å²) in [5, 5.41) is 10.2. The van der Waals surface area contributed by atoms with E-state index in [9.17, 15) is 9.90 Å². The lowest BCUT2D eigenvalue weighted by molar-refractivity contribution is 0.0699. The van der Waals surface area contributed by atoms with E-state index in [1.54, 1.807) is 12.1 Å². The lowest BCUT2D eigenvalue weighted by Crippen LogP contribution is -2.04. The molecule has 25 heavy (non-hydrogen) atoms. The predicted molar refractivity (Wildman–Crippen MR) is 99.2 cm³/mol. The highest BCUT2D eigenvalue weighted by atomic mass is 16.5. The van der Waals surface area contributed by atoms with Crippen LogP contribution in [0.25, 0.3) is 22.2 Å². The number of rotatable bonds is 5. The number of para-hydroxylation sites is 1. The van der Waals surface area contributed by atoms with Gasteiger partial charge in [-0.15, -0.1) is 0 Å². The summed E-state index contributed by atoms with van der Waals surface area (Å²) < 4.78 is 5.70. The van der Waals surface area contributed by atoms with Crippen molar-refractivity contribution >= 4 is 16.9 Å². The zero-order valence-electron chi connectivity index (χ0n) is 14.6. The molecule has 0 spiro atoms. The van der Waals surface area contributed by atoms with Crippen LogP contribution in [0.3, 0.4) is 0 Å². The van der Waals surface area contributed by atoms with Gasteiger partial charge in [0.1, 0.15) is 5.75 Å². The second kappa shape index (κ2) is 6.93. The summed E-state index contributed by atoms with van der Waals surface area (Å²) >= 11 is 0. The van der Waals surface area contributed by atoms with Gasteiger partial charge in [0.2, 0.25) is 0 Å². The van der Waals surface area contributed by atoms with Crippen molar-refractivity contribution in [3.63, 3.8) is 0 Å². The molecule has 0 radical (unpaired) electrons. The number of nitrogens with zero attached hydrogens (tertiary/aromatic N) is 1. The molecule has 3 rings (SSSR count). The van der Waals surface area contributed by atoms with Crippen LogP contribution >= 0.6 is 0 Å². The first-order chi connectivity index (χ1) is 12.0. The summed E-state index contributed by atoms with van der Waals surface area (Å²) in [7, 11) is 0. The molecule has 0 atom stereocenters. The van der Waals surface area contributed by atoms with Crippen molar-refractivity contribution in [2.24, 2.45) is 5.92 Å². The summed E-state index contributed by atoms with van der Waals surface area (Å²) in [6.45, 7) is 6.80. The first-order valence-electron chi connectivity index (χ1n) is 8.32. The predicted octanol–water partition coefficient (Wildman–Crippen LogP) is 4.94. The van der Waals surface area contributed by atoms with Gasteiger partial charge in [-0.25, -0.2) is 9.78 Å². The summed E-state index contributed by atoms with van der Waals surface area (Å²) in [4.78, 5) is 16.4. The number of aromatic carboxylic acids is 1. The van der Waals surface area contributed by atoms with Crippen LogP contribution in [0.4, 0.5) is 0 Å². The number of aromatic nitrogens is 1. The minimum Gasteiger partial charge on any atom is -0.493 e. The van der Waals surface area contributed by atoms with Gasteiger partial charge in [0.15, 0.2) is 0 Å². The lowest BCUT2D eigenvalue weighted by atomic mass is 10.0. The van der Waals surface area contributed by atoms with Crippen LogP contribution < -0.4 is 4.74 Å². The zero-order valence-corrected chi connectivity index (χ0v) is 14.6. The lowest BCUT2D eigenvalue weighted by Gasteiger charge is -2.11. The molecule has 0 saturated carbocycles. The molecule has 1 aromatic heterocycles. The highest BCUT2D eigenvalue weighted by Gasteiger charge is 2.14. The van der Waals surface area contributed by atoms with Crippen molar-refractivity contribution in [2.75, 3.05) is 6.61 Å². The summed E-state index contributed by atoms with van der Waals surface area (Å²) in [5.74, 6) is 0.312. The van der Waals surface area contributed by atoms with Crippen molar-refractivity contribution in [1.29, 1.82) is 0 Å². The van der Waals surface area contributed by atoms with Gasteiger partial charge in [0.25, 0.3) is 0 Å². The Morgan fingerprint density at radius 3 is 2.52 bits per heavy atom. The molecule has 0 unspecified atom stereocenters. The first kappa shape index (κ1) is 17.0. The molecule has 0 bridgehead atoms.